The van der Waals surface area contributed by atoms with Crippen LogP contribution in [0.4, 0.5) is 10.1 Å². The lowest BCUT2D eigenvalue weighted by Crippen LogP contribution is -2.34. The molecule has 1 unspecified atom stereocenters. The van der Waals surface area contributed by atoms with E-state index >= 15 is 0 Å². The Morgan fingerprint density at radius 1 is 1.15 bits per heavy atom. The summed E-state index contributed by atoms with van der Waals surface area (Å²) >= 11 is 0. The van der Waals surface area contributed by atoms with Gasteiger partial charge < -0.3 is 9.64 Å². The maximum absolute atomic E-state index is 13.0. The number of nitrogens with zero attached hydrogens (tertiary/aromatic N) is 1. The summed E-state index contributed by atoms with van der Waals surface area (Å²) in [5, 5.41) is 0. The maximum Gasteiger partial charge on any atom is 0.228 e. The topological polar surface area (TPSA) is 75.7 Å². The highest BCUT2D eigenvalue weighted by Crippen LogP contribution is 2.23. The van der Waals surface area contributed by atoms with E-state index in [1.54, 1.807) is 31.3 Å². The van der Waals surface area contributed by atoms with Crippen LogP contribution in [0.3, 0.4) is 0 Å². The molecule has 0 aliphatic heterocycles. The molecule has 1 amide bonds. The van der Waals surface area contributed by atoms with Crippen LogP contribution >= 0.6 is 0 Å². The van der Waals surface area contributed by atoms with Gasteiger partial charge in [0.25, 0.3) is 0 Å². The van der Waals surface area contributed by atoms with Gasteiger partial charge in [-0.25, -0.2) is 17.5 Å². The molecule has 8 heteroatoms. The van der Waals surface area contributed by atoms with Crippen molar-refractivity contribution in [1.29, 1.82) is 0 Å². The SMILES string of the molecule is COc1ccc(C(CC(=O)N(C)c2ccc(F)cc2)NS(C)(=O)=O)cc1. The van der Waals surface area contributed by atoms with Gasteiger partial charge in [-0.3, -0.25) is 4.79 Å². The fourth-order valence-corrected chi connectivity index (χ4v) is 3.18. The third-order valence-electron chi connectivity index (χ3n) is 3.84. The summed E-state index contributed by atoms with van der Waals surface area (Å²) in [6.07, 6.45) is 0.949. The molecule has 1 N–H and O–H groups in total. The van der Waals surface area contributed by atoms with Gasteiger partial charge in [-0.2, -0.15) is 0 Å². The van der Waals surface area contributed by atoms with E-state index < -0.39 is 21.9 Å². The number of amides is 1. The minimum absolute atomic E-state index is 0.0900. The minimum Gasteiger partial charge on any atom is -0.497 e. The Labute approximate surface area is 152 Å². The lowest BCUT2D eigenvalue weighted by Gasteiger charge is -2.22. The number of anilines is 1. The molecule has 0 saturated heterocycles. The van der Waals surface area contributed by atoms with Gasteiger partial charge in [0.15, 0.2) is 0 Å². The van der Waals surface area contributed by atoms with Crippen LogP contribution in [-0.4, -0.2) is 34.7 Å². The van der Waals surface area contributed by atoms with Crippen molar-refractivity contribution in [3.8, 4) is 5.75 Å². The van der Waals surface area contributed by atoms with E-state index in [0.717, 1.165) is 6.26 Å². The van der Waals surface area contributed by atoms with E-state index in [0.29, 0.717) is 17.0 Å². The molecule has 0 bridgehead atoms. The molecule has 2 aromatic carbocycles. The summed E-state index contributed by atoms with van der Waals surface area (Å²) in [6, 6.07) is 11.6. The van der Waals surface area contributed by atoms with Crippen molar-refractivity contribution < 1.29 is 22.3 Å². The molecule has 0 fully saturated rings. The summed E-state index contributed by atoms with van der Waals surface area (Å²) in [4.78, 5) is 14.0. The number of hydrogen-bond acceptors (Lipinski definition) is 4. The fourth-order valence-electron chi connectivity index (χ4n) is 2.44. The number of rotatable bonds is 7. The summed E-state index contributed by atoms with van der Waals surface area (Å²) < 4.78 is 44.0. The lowest BCUT2D eigenvalue weighted by molar-refractivity contribution is -0.118. The van der Waals surface area contributed by atoms with Crippen LogP contribution in [0.25, 0.3) is 0 Å². The molecule has 26 heavy (non-hydrogen) atoms. The Kier molecular flexibility index (Phi) is 6.33. The highest BCUT2D eigenvalue weighted by atomic mass is 32.2. The predicted molar refractivity (Wildman–Crippen MR) is 98.1 cm³/mol. The molecule has 1 atom stereocenters. The second kappa shape index (κ2) is 8.29. The molecular formula is C18H21FN2O4S. The molecule has 2 aromatic rings. The van der Waals surface area contributed by atoms with Gasteiger partial charge in [-0.1, -0.05) is 12.1 Å². The standard InChI is InChI=1S/C18H21FN2O4S/c1-21(15-8-6-14(19)7-9-15)18(22)12-17(20-26(3,23)24)13-4-10-16(25-2)11-5-13/h4-11,17,20H,12H2,1-3H3. The van der Waals surface area contributed by atoms with Crippen molar-refractivity contribution in [3.63, 3.8) is 0 Å². The predicted octanol–water partition coefficient (Wildman–Crippen LogP) is 2.48. The number of methoxy groups -OCH3 is 1. The molecule has 0 radical (unpaired) electrons. The average molecular weight is 380 g/mol. The molecule has 2 rings (SSSR count). The zero-order valence-electron chi connectivity index (χ0n) is 14.8. The van der Waals surface area contributed by atoms with Crippen LogP contribution < -0.4 is 14.4 Å². The van der Waals surface area contributed by atoms with Crippen molar-refractivity contribution in [2.24, 2.45) is 0 Å². The zero-order valence-corrected chi connectivity index (χ0v) is 15.6. The van der Waals surface area contributed by atoms with Crippen LogP contribution in [0.2, 0.25) is 0 Å². The van der Waals surface area contributed by atoms with Gasteiger partial charge in [-0.15, -0.1) is 0 Å². The summed E-state index contributed by atoms with van der Waals surface area (Å²) in [7, 11) is -0.443. The van der Waals surface area contributed by atoms with Crippen LogP contribution in [-0.2, 0) is 14.8 Å². The molecule has 6 nitrogen and oxygen atoms in total. The molecule has 0 saturated carbocycles. The van der Waals surface area contributed by atoms with E-state index in [2.05, 4.69) is 4.72 Å². The van der Waals surface area contributed by atoms with Gasteiger partial charge in [-0.05, 0) is 42.0 Å². The molecule has 140 valence electrons. The van der Waals surface area contributed by atoms with Gasteiger partial charge in [0, 0.05) is 19.2 Å². The van der Waals surface area contributed by atoms with Crippen molar-refractivity contribution in [2.75, 3.05) is 25.3 Å². The number of carbonyl (C=O) groups excluding carboxylic acids is 1. The number of carbonyl (C=O) groups is 1. The van der Waals surface area contributed by atoms with E-state index in [9.17, 15) is 17.6 Å². The van der Waals surface area contributed by atoms with Crippen molar-refractivity contribution >= 4 is 21.6 Å². The average Bonchev–Trinajstić information content (AvgIpc) is 2.60. The van der Waals surface area contributed by atoms with Crippen molar-refractivity contribution in [2.45, 2.75) is 12.5 Å². The van der Waals surface area contributed by atoms with Gasteiger partial charge >= 0.3 is 0 Å². The fraction of sp³-hybridized carbons (Fsp3) is 0.278. The Hall–Kier alpha value is -2.45. The Balaban J connectivity index is 2.21. The number of nitrogens with one attached hydrogen (secondary N) is 1. The van der Waals surface area contributed by atoms with Crippen molar-refractivity contribution in [1.82, 2.24) is 4.72 Å². The molecule has 0 heterocycles. The number of hydrogen-bond donors (Lipinski definition) is 1. The first-order valence-electron chi connectivity index (χ1n) is 7.83. The van der Waals surface area contributed by atoms with Gasteiger partial charge in [0.05, 0.1) is 19.4 Å². The van der Waals surface area contributed by atoms with Crippen LogP contribution in [0, 0.1) is 5.82 Å². The van der Waals surface area contributed by atoms with Crippen LogP contribution in [0.1, 0.15) is 18.0 Å². The smallest absolute Gasteiger partial charge is 0.228 e. The van der Waals surface area contributed by atoms with Crippen LogP contribution in [0.5, 0.6) is 5.75 Å². The Bertz CT molecular complexity index is 852. The molecule has 0 aromatic heterocycles. The third kappa shape index (κ3) is 5.53. The number of ether oxygens (including phenoxy) is 1. The van der Waals surface area contributed by atoms with Crippen molar-refractivity contribution in [3.05, 3.63) is 59.9 Å². The van der Waals surface area contributed by atoms with Gasteiger partial charge in [0.2, 0.25) is 15.9 Å². The summed E-state index contributed by atoms with van der Waals surface area (Å²) in [5.74, 6) is -0.0837. The van der Waals surface area contributed by atoms with E-state index in [-0.39, 0.29) is 12.3 Å². The molecule has 0 spiro atoms. The lowest BCUT2D eigenvalue weighted by atomic mass is 10.0. The van der Waals surface area contributed by atoms with E-state index in [4.69, 9.17) is 4.74 Å². The Morgan fingerprint density at radius 2 is 1.73 bits per heavy atom. The number of halogens is 1. The number of benzene rings is 2. The molecule has 0 aliphatic rings. The second-order valence-corrected chi connectivity index (χ2v) is 7.63. The third-order valence-corrected chi connectivity index (χ3v) is 4.55. The quantitative estimate of drug-likeness (QED) is 0.801. The monoisotopic (exact) mass is 380 g/mol. The molecule has 0 aliphatic carbocycles. The molecular weight excluding hydrogens is 359 g/mol. The van der Waals surface area contributed by atoms with E-state index in [1.165, 1.54) is 36.3 Å². The zero-order chi connectivity index (χ0) is 19.3. The highest BCUT2D eigenvalue weighted by molar-refractivity contribution is 7.88. The maximum atomic E-state index is 13.0. The van der Waals surface area contributed by atoms with Gasteiger partial charge in [0.1, 0.15) is 11.6 Å². The minimum atomic E-state index is -3.53. The first-order chi connectivity index (χ1) is 12.2. The first kappa shape index (κ1) is 19.9. The second-order valence-electron chi connectivity index (χ2n) is 5.85. The van der Waals surface area contributed by atoms with E-state index in [1.807, 2.05) is 0 Å². The number of sulfonamides is 1. The largest absolute Gasteiger partial charge is 0.497 e. The first-order valence-corrected chi connectivity index (χ1v) is 9.72. The summed E-state index contributed by atoms with van der Waals surface area (Å²) in [5.41, 5.74) is 1.15. The normalized spacial score (nSPS) is 12.5. The van der Waals surface area contributed by atoms with Crippen LogP contribution in [0.15, 0.2) is 48.5 Å². The summed E-state index contributed by atoms with van der Waals surface area (Å²) in [6.45, 7) is 0. The highest BCUT2D eigenvalue weighted by Gasteiger charge is 2.22. The Morgan fingerprint density at radius 3 is 2.23 bits per heavy atom.